The quantitative estimate of drug-likeness (QED) is 0.639. The van der Waals surface area contributed by atoms with Crippen LogP contribution in [-0.4, -0.2) is 45.4 Å². The van der Waals surface area contributed by atoms with Gasteiger partial charge in [-0.3, -0.25) is 4.79 Å². The van der Waals surface area contributed by atoms with Crippen LogP contribution in [-0.2, 0) is 11.2 Å². The van der Waals surface area contributed by atoms with Crippen LogP contribution < -0.4 is 15.5 Å². The first-order chi connectivity index (χ1) is 13.7. The van der Waals surface area contributed by atoms with Crippen molar-refractivity contribution in [3.05, 3.63) is 40.9 Å². The van der Waals surface area contributed by atoms with Crippen LogP contribution in [0.25, 0.3) is 0 Å². The molecule has 8 nitrogen and oxygen atoms in total. The van der Waals surface area contributed by atoms with Crippen molar-refractivity contribution in [3.63, 3.8) is 0 Å². The molecule has 1 amide bonds. The van der Waals surface area contributed by atoms with Crippen LogP contribution in [0.4, 0.5) is 15.4 Å². The van der Waals surface area contributed by atoms with Crippen molar-refractivity contribution in [2.24, 2.45) is 0 Å². The van der Waals surface area contributed by atoms with Crippen molar-refractivity contribution in [2.75, 3.05) is 28.6 Å². The van der Waals surface area contributed by atoms with E-state index in [2.05, 4.69) is 35.9 Å². The predicted molar refractivity (Wildman–Crippen MR) is 112 cm³/mol. The molecule has 0 spiro atoms. The molecular formula is C18H21N7OS2. The van der Waals surface area contributed by atoms with E-state index in [4.69, 9.17) is 0 Å². The fourth-order valence-electron chi connectivity index (χ4n) is 3.08. The summed E-state index contributed by atoms with van der Waals surface area (Å²) in [4.78, 5) is 14.4. The Morgan fingerprint density at radius 3 is 2.54 bits per heavy atom. The van der Waals surface area contributed by atoms with Crippen molar-refractivity contribution in [1.29, 1.82) is 0 Å². The van der Waals surface area contributed by atoms with Gasteiger partial charge in [0.15, 0.2) is 0 Å². The number of amides is 1. The van der Waals surface area contributed by atoms with E-state index in [9.17, 15) is 4.79 Å². The third-order valence-electron chi connectivity index (χ3n) is 4.49. The summed E-state index contributed by atoms with van der Waals surface area (Å²) in [6.45, 7) is 3.74. The van der Waals surface area contributed by atoms with Gasteiger partial charge in [-0.2, -0.15) is 0 Å². The van der Waals surface area contributed by atoms with E-state index in [-0.39, 0.29) is 5.91 Å². The first-order valence-corrected chi connectivity index (χ1v) is 10.8. The molecule has 1 saturated heterocycles. The maximum atomic E-state index is 12.2. The molecule has 1 fully saturated rings. The van der Waals surface area contributed by atoms with Crippen molar-refractivity contribution < 1.29 is 4.79 Å². The van der Waals surface area contributed by atoms with Gasteiger partial charge in [-0.1, -0.05) is 53.0 Å². The van der Waals surface area contributed by atoms with Crippen molar-refractivity contribution in [3.8, 4) is 0 Å². The Morgan fingerprint density at radius 1 is 1.07 bits per heavy atom. The number of rotatable bonds is 6. The van der Waals surface area contributed by atoms with Gasteiger partial charge in [-0.25, -0.2) is 0 Å². The molecule has 2 aromatic heterocycles. The van der Waals surface area contributed by atoms with Crippen LogP contribution >= 0.6 is 22.7 Å². The van der Waals surface area contributed by atoms with Gasteiger partial charge in [0.05, 0.1) is 6.42 Å². The predicted octanol–water partition coefficient (Wildman–Crippen LogP) is 2.96. The lowest BCUT2D eigenvalue weighted by Gasteiger charge is -2.31. The highest BCUT2D eigenvalue weighted by Crippen LogP contribution is 2.28. The van der Waals surface area contributed by atoms with Gasteiger partial charge < -0.3 is 15.5 Å². The smallest absolute Gasteiger partial charge is 0.230 e. The standard InChI is InChI=1S/C18H21N7OS2/c1-12-21-22-16(27-12)19-14-7-9-25(10-8-14)18-24-23-17(28-18)20-15(26)11-13-5-3-2-4-6-13/h2-6,14H,7-11H2,1H3,(H,19,22)(H,20,23,26). The summed E-state index contributed by atoms with van der Waals surface area (Å²) in [5.74, 6) is -0.0795. The molecule has 1 aromatic carbocycles. The van der Waals surface area contributed by atoms with E-state index in [1.54, 1.807) is 11.3 Å². The number of carbonyl (C=O) groups excluding carboxylic acids is 1. The third-order valence-corrected chi connectivity index (χ3v) is 6.16. The Hall–Kier alpha value is -2.59. The molecule has 1 aliphatic heterocycles. The van der Waals surface area contributed by atoms with Crippen molar-refractivity contribution in [1.82, 2.24) is 20.4 Å². The average Bonchev–Trinajstić information content (AvgIpc) is 3.32. The number of anilines is 3. The van der Waals surface area contributed by atoms with Gasteiger partial charge in [-0.15, -0.1) is 20.4 Å². The number of hydrogen-bond donors (Lipinski definition) is 2. The second kappa shape index (κ2) is 8.61. The van der Waals surface area contributed by atoms with E-state index in [1.165, 1.54) is 11.3 Å². The average molecular weight is 416 g/mol. The topological polar surface area (TPSA) is 95.9 Å². The summed E-state index contributed by atoms with van der Waals surface area (Å²) in [6.07, 6.45) is 2.32. The first kappa shape index (κ1) is 18.8. The van der Waals surface area contributed by atoms with Crippen LogP contribution in [0.1, 0.15) is 23.4 Å². The van der Waals surface area contributed by atoms with Crippen molar-refractivity contribution in [2.45, 2.75) is 32.2 Å². The van der Waals surface area contributed by atoms with Crippen LogP contribution in [0.15, 0.2) is 30.3 Å². The van der Waals surface area contributed by atoms with Crippen LogP contribution in [0.2, 0.25) is 0 Å². The summed E-state index contributed by atoms with van der Waals surface area (Å²) < 4.78 is 0. The highest BCUT2D eigenvalue weighted by molar-refractivity contribution is 7.19. The summed E-state index contributed by atoms with van der Waals surface area (Å²) >= 11 is 3.00. The Bertz CT molecular complexity index is 919. The molecular weight excluding hydrogens is 394 g/mol. The zero-order valence-electron chi connectivity index (χ0n) is 15.5. The van der Waals surface area contributed by atoms with Gasteiger partial charge in [0.2, 0.25) is 21.3 Å². The van der Waals surface area contributed by atoms with Crippen LogP contribution in [0, 0.1) is 6.92 Å². The molecule has 3 aromatic rings. The van der Waals surface area contributed by atoms with E-state index >= 15 is 0 Å². The van der Waals surface area contributed by atoms with Crippen LogP contribution in [0.5, 0.6) is 0 Å². The highest BCUT2D eigenvalue weighted by Gasteiger charge is 2.23. The van der Waals surface area contributed by atoms with Gasteiger partial charge >= 0.3 is 0 Å². The van der Waals surface area contributed by atoms with Gasteiger partial charge in [-0.05, 0) is 25.3 Å². The normalized spacial score (nSPS) is 14.8. The number of nitrogens with one attached hydrogen (secondary N) is 2. The van der Waals surface area contributed by atoms with E-state index in [0.29, 0.717) is 17.6 Å². The molecule has 0 unspecified atom stereocenters. The molecule has 0 aliphatic carbocycles. The molecule has 0 atom stereocenters. The summed E-state index contributed by atoms with van der Waals surface area (Å²) in [5.41, 5.74) is 0.977. The molecule has 0 bridgehead atoms. The minimum absolute atomic E-state index is 0.0795. The zero-order valence-corrected chi connectivity index (χ0v) is 17.1. The number of aryl methyl sites for hydroxylation is 1. The molecule has 1 aliphatic rings. The molecule has 0 radical (unpaired) electrons. The largest absolute Gasteiger partial charge is 0.357 e. The second-order valence-electron chi connectivity index (χ2n) is 6.63. The lowest BCUT2D eigenvalue weighted by molar-refractivity contribution is -0.115. The van der Waals surface area contributed by atoms with E-state index < -0.39 is 0 Å². The lowest BCUT2D eigenvalue weighted by Crippen LogP contribution is -2.39. The summed E-state index contributed by atoms with van der Waals surface area (Å²) in [6, 6.07) is 10.1. The fourth-order valence-corrected chi connectivity index (χ4v) is 4.56. The number of aromatic nitrogens is 4. The van der Waals surface area contributed by atoms with E-state index in [0.717, 1.165) is 46.8 Å². The Balaban J connectivity index is 1.27. The number of piperidine rings is 1. The van der Waals surface area contributed by atoms with Gasteiger partial charge in [0, 0.05) is 19.1 Å². The minimum atomic E-state index is -0.0795. The van der Waals surface area contributed by atoms with E-state index in [1.807, 2.05) is 37.3 Å². The SMILES string of the molecule is Cc1nnc(NC2CCN(c3nnc(NC(=O)Cc4ccccc4)s3)CC2)s1. The fraction of sp³-hybridized carbons (Fsp3) is 0.389. The third kappa shape index (κ3) is 4.82. The minimum Gasteiger partial charge on any atom is -0.357 e. The molecule has 146 valence electrons. The maximum Gasteiger partial charge on any atom is 0.230 e. The Kier molecular flexibility index (Phi) is 5.77. The second-order valence-corrected chi connectivity index (χ2v) is 8.77. The zero-order chi connectivity index (χ0) is 19.3. The molecule has 28 heavy (non-hydrogen) atoms. The number of nitrogens with zero attached hydrogens (tertiary/aromatic N) is 5. The number of carbonyl (C=O) groups is 1. The van der Waals surface area contributed by atoms with Gasteiger partial charge in [0.1, 0.15) is 5.01 Å². The first-order valence-electron chi connectivity index (χ1n) is 9.14. The van der Waals surface area contributed by atoms with Crippen LogP contribution in [0.3, 0.4) is 0 Å². The lowest BCUT2D eigenvalue weighted by atomic mass is 10.1. The van der Waals surface area contributed by atoms with Gasteiger partial charge in [0.25, 0.3) is 0 Å². The monoisotopic (exact) mass is 415 g/mol. The molecule has 4 rings (SSSR count). The van der Waals surface area contributed by atoms with Crippen molar-refractivity contribution >= 4 is 44.0 Å². The maximum absolute atomic E-state index is 12.2. The molecule has 10 heteroatoms. The Labute approximate surface area is 171 Å². The number of hydrogen-bond acceptors (Lipinski definition) is 9. The number of benzene rings is 1. The summed E-state index contributed by atoms with van der Waals surface area (Å²) in [5, 5.41) is 26.1. The molecule has 2 N–H and O–H groups in total. The summed E-state index contributed by atoms with van der Waals surface area (Å²) in [7, 11) is 0. The molecule has 0 saturated carbocycles. The highest BCUT2D eigenvalue weighted by atomic mass is 32.1. The Morgan fingerprint density at radius 2 is 1.82 bits per heavy atom. The molecule has 3 heterocycles.